The lowest BCUT2D eigenvalue weighted by Gasteiger charge is -2.07. The maximum Gasteiger partial charge on any atom is 0.146 e. The highest BCUT2D eigenvalue weighted by Gasteiger charge is 2.14. The Morgan fingerprint density at radius 1 is 1.06 bits per heavy atom. The van der Waals surface area contributed by atoms with Gasteiger partial charge in [0, 0.05) is 11.1 Å². The summed E-state index contributed by atoms with van der Waals surface area (Å²) in [7, 11) is 0. The fourth-order valence-corrected chi connectivity index (χ4v) is 1.92. The molecule has 0 radical (unpaired) electrons. The van der Waals surface area contributed by atoms with Crippen LogP contribution in [0.3, 0.4) is 0 Å². The first kappa shape index (κ1) is 11.8. The van der Waals surface area contributed by atoms with Crippen LogP contribution in [-0.4, -0.2) is 10.9 Å². The predicted octanol–water partition coefficient (Wildman–Crippen LogP) is 3.81. The first-order valence-electron chi connectivity index (χ1n) is 4.96. The molecule has 17 heavy (non-hydrogen) atoms. The molecule has 2 aromatic rings. The van der Waals surface area contributed by atoms with E-state index < -0.39 is 5.82 Å². The molecule has 2 nitrogen and oxygen atoms in total. The number of oxime groups is 1. The fourth-order valence-electron chi connectivity index (χ4n) is 1.55. The molecule has 0 aliphatic heterocycles. The van der Waals surface area contributed by atoms with Gasteiger partial charge in [-0.25, -0.2) is 4.39 Å². The standard InChI is InChI=1S/C13H9BrFNO/c14-11-8-4-7-10(12(11)15)13(16-17)9-5-2-1-3-6-9/h1-8,17H/b16-13+. The molecule has 2 aromatic carbocycles. The Labute approximate surface area is 107 Å². The quantitative estimate of drug-likeness (QED) is 0.510. The summed E-state index contributed by atoms with van der Waals surface area (Å²) in [5.74, 6) is -0.441. The first-order valence-corrected chi connectivity index (χ1v) is 5.75. The molecule has 0 aliphatic carbocycles. The van der Waals surface area contributed by atoms with Gasteiger partial charge < -0.3 is 5.21 Å². The van der Waals surface area contributed by atoms with Crippen LogP contribution < -0.4 is 0 Å². The molecule has 1 N–H and O–H groups in total. The van der Waals surface area contributed by atoms with E-state index in [4.69, 9.17) is 5.21 Å². The fraction of sp³-hybridized carbons (Fsp3) is 0. The third-order valence-corrected chi connectivity index (χ3v) is 2.97. The minimum atomic E-state index is -0.441. The molecule has 0 spiro atoms. The Kier molecular flexibility index (Phi) is 3.54. The second-order valence-corrected chi connectivity index (χ2v) is 4.27. The van der Waals surface area contributed by atoms with Gasteiger partial charge in [0.15, 0.2) is 0 Å². The van der Waals surface area contributed by atoms with Crippen molar-refractivity contribution in [1.82, 2.24) is 0 Å². The minimum Gasteiger partial charge on any atom is -0.410 e. The maximum atomic E-state index is 13.9. The van der Waals surface area contributed by atoms with Crippen molar-refractivity contribution < 1.29 is 9.60 Å². The second-order valence-electron chi connectivity index (χ2n) is 3.42. The lowest BCUT2D eigenvalue weighted by Crippen LogP contribution is -2.06. The summed E-state index contributed by atoms with van der Waals surface area (Å²) >= 11 is 3.10. The van der Waals surface area contributed by atoms with E-state index in [1.807, 2.05) is 6.07 Å². The molecule has 2 rings (SSSR count). The molecule has 4 heteroatoms. The van der Waals surface area contributed by atoms with Crippen LogP contribution in [0.15, 0.2) is 58.2 Å². The van der Waals surface area contributed by atoms with Crippen LogP contribution in [0.2, 0.25) is 0 Å². The number of hydrogen-bond acceptors (Lipinski definition) is 2. The highest BCUT2D eigenvalue weighted by Crippen LogP contribution is 2.21. The van der Waals surface area contributed by atoms with Gasteiger partial charge >= 0.3 is 0 Å². The maximum absolute atomic E-state index is 13.9. The Bertz CT molecular complexity index is 555. The van der Waals surface area contributed by atoms with Crippen LogP contribution in [0.25, 0.3) is 0 Å². The van der Waals surface area contributed by atoms with Gasteiger partial charge in [0.25, 0.3) is 0 Å². The first-order chi connectivity index (χ1) is 8.24. The molecule has 86 valence electrons. The molecule has 0 saturated carbocycles. The zero-order chi connectivity index (χ0) is 12.3. The van der Waals surface area contributed by atoms with E-state index in [9.17, 15) is 4.39 Å². The van der Waals surface area contributed by atoms with Crippen LogP contribution in [-0.2, 0) is 0 Å². The van der Waals surface area contributed by atoms with Gasteiger partial charge in [0.05, 0.1) is 4.47 Å². The van der Waals surface area contributed by atoms with Crippen molar-refractivity contribution in [3.05, 3.63) is 69.9 Å². The topological polar surface area (TPSA) is 32.6 Å². The average Bonchev–Trinajstić information content (AvgIpc) is 2.37. The predicted molar refractivity (Wildman–Crippen MR) is 68.0 cm³/mol. The normalized spacial score (nSPS) is 11.5. The van der Waals surface area contributed by atoms with Crippen LogP contribution >= 0.6 is 15.9 Å². The molecule has 0 bridgehead atoms. The largest absolute Gasteiger partial charge is 0.410 e. The molecular weight excluding hydrogens is 285 g/mol. The molecule has 0 amide bonds. The van der Waals surface area contributed by atoms with Crippen LogP contribution in [0.1, 0.15) is 11.1 Å². The van der Waals surface area contributed by atoms with Gasteiger partial charge in [-0.1, -0.05) is 41.6 Å². The molecule has 0 aliphatic rings. The SMILES string of the molecule is O/N=C(\c1ccccc1)c1cccc(Br)c1F. The highest BCUT2D eigenvalue weighted by atomic mass is 79.9. The van der Waals surface area contributed by atoms with E-state index in [0.29, 0.717) is 10.0 Å². The molecule has 0 heterocycles. The molecule has 0 saturated heterocycles. The summed E-state index contributed by atoms with van der Waals surface area (Å²) in [4.78, 5) is 0. The lowest BCUT2D eigenvalue weighted by atomic mass is 10.0. The summed E-state index contributed by atoms with van der Waals surface area (Å²) in [5, 5.41) is 12.2. The van der Waals surface area contributed by atoms with Gasteiger partial charge in [-0.2, -0.15) is 0 Å². The van der Waals surface area contributed by atoms with E-state index >= 15 is 0 Å². The van der Waals surface area contributed by atoms with Crippen molar-refractivity contribution in [2.24, 2.45) is 5.16 Å². The Balaban J connectivity index is 2.55. The van der Waals surface area contributed by atoms with Crippen LogP contribution in [0.5, 0.6) is 0 Å². The third-order valence-electron chi connectivity index (χ3n) is 2.35. The van der Waals surface area contributed by atoms with Gasteiger partial charge in [0.2, 0.25) is 0 Å². The van der Waals surface area contributed by atoms with E-state index in [0.717, 1.165) is 0 Å². The highest BCUT2D eigenvalue weighted by molar-refractivity contribution is 9.10. The second kappa shape index (κ2) is 5.10. The number of hydrogen-bond donors (Lipinski definition) is 1. The summed E-state index contributed by atoms with van der Waals surface area (Å²) in [6.45, 7) is 0. The Morgan fingerprint density at radius 3 is 2.41 bits per heavy atom. The molecule has 0 unspecified atom stereocenters. The van der Waals surface area contributed by atoms with Crippen molar-refractivity contribution in [3.63, 3.8) is 0 Å². The number of halogens is 2. The van der Waals surface area contributed by atoms with Gasteiger partial charge in [-0.15, -0.1) is 0 Å². The molecule has 0 atom stereocenters. The Hall–Kier alpha value is -1.68. The van der Waals surface area contributed by atoms with E-state index in [1.54, 1.807) is 42.5 Å². The zero-order valence-electron chi connectivity index (χ0n) is 8.77. The van der Waals surface area contributed by atoms with Gasteiger partial charge in [-0.3, -0.25) is 0 Å². The van der Waals surface area contributed by atoms with Crippen molar-refractivity contribution in [2.45, 2.75) is 0 Å². The lowest BCUT2D eigenvalue weighted by molar-refractivity contribution is 0.319. The zero-order valence-corrected chi connectivity index (χ0v) is 10.4. The summed E-state index contributed by atoms with van der Waals surface area (Å²) < 4.78 is 14.2. The van der Waals surface area contributed by atoms with Gasteiger partial charge in [0.1, 0.15) is 11.5 Å². The van der Waals surface area contributed by atoms with Crippen LogP contribution in [0.4, 0.5) is 4.39 Å². The minimum absolute atomic E-state index is 0.212. The van der Waals surface area contributed by atoms with Crippen LogP contribution in [0, 0.1) is 5.82 Å². The van der Waals surface area contributed by atoms with Crippen molar-refractivity contribution in [2.75, 3.05) is 0 Å². The van der Waals surface area contributed by atoms with Crippen molar-refractivity contribution >= 4 is 21.6 Å². The third kappa shape index (κ3) is 2.36. The Morgan fingerprint density at radius 2 is 1.76 bits per heavy atom. The smallest absolute Gasteiger partial charge is 0.146 e. The summed E-state index contributed by atoms with van der Waals surface area (Å²) in [6.07, 6.45) is 0. The van der Waals surface area contributed by atoms with Gasteiger partial charge in [-0.05, 0) is 28.1 Å². The number of nitrogens with zero attached hydrogens (tertiary/aromatic N) is 1. The molecule has 0 aromatic heterocycles. The number of benzene rings is 2. The van der Waals surface area contributed by atoms with E-state index in [2.05, 4.69) is 21.1 Å². The summed E-state index contributed by atoms with van der Waals surface area (Å²) in [6, 6.07) is 13.8. The van der Waals surface area contributed by atoms with Crippen molar-refractivity contribution in [3.8, 4) is 0 Å². The number of rotatable bonds is 2. The molecular formula is C13H9BrFNO. The van der Waals surface area contributed by atoms with Crippen molar-refractivity contribution in [1.29, 1.82) is 0 Å². The van der Waals surface area contributed by atoms with E-state index in [1.165, 1.54) is 0 Å². The summed E-state index contributed by atoms with van der Waals surface area (Å²) in [5.41, 5.74) is 1.13. The molecule has 0 fully saturated rings. The monoisotopic (exact) mass is 293 g/mol. The van der Waals surface area contributed by atoms with E-state index in [-0.39, 0.29) is 11.3 Å². The average molecular weight is 294 g/mol.